The number of oxazole rings is 1. The quantitative estimate of drug-likeness (QED) is 0.361. The van der Waals surface area contributed by atoms with Crippen LogP contribution in [0.15, 0.2) is 34.9 Å². The van der Waals surface area contributed by atoms with Crippen LogP contribution in [0.3, 0.4) is 0 Å². The van der Waals surface area contributed by atoms with Crippen molar-refractivity contribution >= 4 is 14.0 Å². The maximum atomic E-state index is 12.5. The number of unbranched alkanes of at least 4 members (excludes halogenated alkanes) is 1. The zero-order valence-corrected chi connectivity index (χ0v) is 18.8. The largest absolute Gasteiger partial charge is 0.523 e. The lowest BCUT2D eigenvalue weighted by atomic mass is 10.1. The SMILES string of the molecule is CCCCc1ccc(-c2coc(CC(C(=O)OC(C)(C)C)[P+](=O)OCC)n2)cc1. The third-order valence-electron chi connectivity index (χ3n) is 4.18. The van der Waals surface area contributed by atoms with Crippen LogP contribution in [0.1, 0.15) is 58.9 Å². The van der Waals surface area contributed by atoms with E-state index in [0.717, 1.165) is 24.8 Å². The molecule has 158 valence electrons. The molecule has 0 bridgehead atoms. The van der Waals surface area contributed by atoms with Crippen molar-refractivity contribution in [3.63, 3.8) is 0 Å². The molecule has 0 saturated carbocycles. The fourth-order valence-electron chi connectivity index (χ4n) is 2.76. The predicted octanol–water partition coefficient (Wildman–Crippen LogP) is 5.72. The average Bonchev–Trinajstić information content (AvgIpc) is 3.12. The molecule has 1 heterocycles. The third kappa shape index (κ3) is 7.37. The van der Waals surface area contributed by atoms with Gasteiger partial charge in [0.25, 0.3) is 5.66 Å². The Morgan fingerprint density at radius 2 is 1.90 bits per heavy atom. The first-order valence-corrected chi connectivity index (χ1v) is 11.3. The molecule has 0 N–H and O–H groups in total. The Labute approximate surface area is 173 Å². The second kappa shape index (κ2) is 10.7. The van der Waals surface area contributed by atoms with E-state index < -0.39 is 25.3 Å². The molecule has 2 aromatic rings. The number of esters is 1. The van der Waals surface area contributed by atoms with E-state index in [1.807, 2.05) is 12.1 Å². The molecule has 6 nitrogen and oxygen atoms in total. The van der Waals surface area contributed by atoms with Crippen LogP contribution in [0.2, 0.25) is 0 Å². The van der Waals surface area contributed by atoms with Gasteiger partial charge in [0, 0.05) is 5.56 Å². The van der Waals surface area contributed by atoms with Gasteiger partial charge in [-0.05, 0) is 50.7 Å². The highest BCUT2D eigenvalue weighted by Crippen LogP contribution is 2.34. The number of ether oxygens (including phenoxy) is 1. The van der Waals surface area contributed by atoms with Crippen molar-refractivity contribution in [2.75, 3.05) is 6.61 Å². The second-order valence-corrected chi connectivity index (χ2v) is 9.34. The Morgan fingerprint density at radius 1 is 1.21 bits per heavy atom. The number of aromatic nitrogens is 1. The molecule has 7 heteroatoms. The van der Waals surface area contributed by atoms with Crippen LogP contribution in [-0.2, 0) is 31.5 Å². The Morgan fingerprint density at radius 3 is 2.48 bits per heavy atom. The molecule has 0 spiro atoms. The van der Waals surface area contributed by atoms with Crippen molar-refractivity contribution < 1.29 is 23.0 Å². The van der Waals surface area contributed by atoms with Gasteiger partial charge in [0.1, 0.15) is 17.6 Å². The molecule has 1 aromatic carbocycles. The molecule has 0 aliphatic carbocycles. The summed E-state index contributed by atoms with van der Waals surface area (Å²) in [5.41, 5.74) is 1.25. The van der Waals surface area contributed by atoms with Crippen LogP contribution in [0.4, 0.5) is 0 Å². The van der Waals surface area contributed by atoms with Gasteiger partial charge < -0.3 is 9.15 Å². The van der Waals surface area contributed by atoms with Crippen LogP contribution in [-0.4, -0.2) is 28.8 Å². The zero-order valence-electron chi connectivity index (χ0n) is 17.9. The zero-order chi connectivity index (χ0) is 21.4. The molecule has 0 aliphatic rings. The molecule has 0 saturated heterocycles. The summed E-state index contributed by atoms with van der Waals surface area (Å²) >= 11 is 0. The van der Waals surface area contributed by atoms with E-state index in [2.05, 4.69) is 24.0 Å². The minimum Gasteiger partial charge on any atom is -0.457 e. The van der Waals surface area contributed by atoms with Crippen LogP contribution in [0, 0.1) is 0 Å². The highest BCUT2D eigenvalue weighted by atomic mass is 31.1. The molecular weight excluding hydrogens is 389 g/mol. The molecule has 0 amide bonds. The summed E-state index contributed by atoms with van der Waals surface area (Å²) in [4.78, 5) is 17.0. The molecule has 2 rings (SSSR count). The predicted molar refractivity (Wildman–Crippen MR) is 113 cm³/mol. The van der Waals surface area contributed by atoms with E-state index in [1.54, 1.807) is 34.0 Å². The van der Waals surface area contributed by atoms with Crippen molar-refractivity contribution in [3.05, 3.63) is 42.0 Å². The highest BCUT2D eigenvalue weighted by Gasteiger charge is 2.44. The summed E-state index contributed by atoms with van der Waals surface area (Å²) < 4.78 is 28.6. The van der Waals surface area contributed by atoms with Gasteiger partial charge in [0.2, 0.25) is 0 Å². The molecule has 29 heavy (non-hydrogen) atoms. The lowest BCUT2D eigenvalue weighted by molar-refractivity contribution is -0.154. The van der Waals surface area contributed by atoms with E-state index >= 15 is 0 Å². The van der Waals surface area contributed by atoms with Crippen molar-refractivity contribution in [1.82, 2.24) is 4.98 Å². The fourth-order valence-corrected chi connectivity index (χ4v) is 3.72. The summed E-state index contributed by atoms with van der Waals surface area (Å²) in [6, 6.07) is 8.21. The smallest absolute Gasteiger partial charge is 0.457 e. The lowest BCUT2D eigenvalue weighted by Gasteiger charge is -2.19. The first-order valence-electron chi connectivity index (χ1n) is 10.1. The number of benzene rings is 1. The third-order valence-corrected chi connectivity index (χ3v) is 5.59. The molecule has 0 fully saturated rings. The molecular formula is C22H31NO5P+. The number of rotatable bonds is 10. The van der Waals surface area contributed by atoms with Crippen LogP contribution >= 0.6 is 8.03 Å². The number of carbonyl (C=O) groups is 1. The number of carbonyl (C=O) groups excluding carboxylic acids is 1. The van der Waals surface area contributed by atoms with Gasteiger partial charge in [-0.25, -0.2) is 9.78 Å². The average molecular weight is 420 g/mol. The molecule has 0 radical (unpaired) electrons. The monoisotopic (exact) mass is 420 g/mol. The van der Waals surface area contributed by atoms with Crippen LogP contribution in [0.25, 0.3) is 11.3 Å². The summed E-state index contributed by atoms with van der Waals surface area (Å²) in [5.74, 6) is -0.249. The standard InChI is InChI=1S/C22H31NO5P/c1-6-8-9-16-10-12-17(13-11-16)18-15-26-20(23-18)14-19(29(25)27-7-2)21(24)28-22(3,4)5/h10-13,15,19H,6-9,14H2,1-5H3/q+1. The highest BCUT2D eigenvalue weighted by molar-refractivity contribution is 7.41. The number of hydrogen-bond acceptors (Lipinski definition) is 6. The van der Waals surface area contributed by atoms with Gasteiger partial charge >= 0.3 is 14.0 Å². The van der Waals surface area contributed by atoms with Crippen molar-refractivity contribution in [2.24, 2.45) is 0 Å². The maximum absolute atomic E-state index is 12.5. The summed E-state index contributed by atoms with van der Waals surface area (Å²) in [7, 11) is -2.24. The van der Waals surface area contributed by atoms with Gasteiger partial charge in [-0.15, -0.1) is 4.52 Å². The fraction of sp³-hybridized carbons (Fsp3) is 0.545. The lowest BCUT2D eigenvalue weighted by Crippen LogP contribution is -2.31. The molecule has 2 unspecified atom stereocenters. The summed E-state index contributed by atoms with van der Waals surface area (Å²) in [5, 5.41) is 0. The molecule has 1 aromatic heterocycles. The van der Waals surface area contributed by atoms with Crippen LogP contribution in [0.5, 0.6) is 0 Å². The first-order chi connectivity index (χ1) is 13.7. The van der Waals surface area contributed by atoms with Gasteiger partial charge in [0.15, 0.2) is 5.89 Å². The first kappa shape index (κ1) is 23.2. The topological polar surface area (TPSA) is 78.6 Å². The van der Waals surface area contributed by atoms with E-state index in [0.29, 0.717) is 11.6 Å². The molecule has 0 aliphatic heterocycles. The maximum Gasteiger partial charge on any atom is 0.523 e. The van der Waals surface area contributed by atoms with Gasteiger partial charge in [-0.3, -0.25) is 0 Å². The van der Waals surface area contributed by atoms with Crippen molar-refractivity contribution in [2.45, 2.75) is 71.6 Å². The second-order valence-electron chi connectivity index (χ2n) is 7.88. The normalized spacial score (nSPS) is 13.2. The summed E-state index contributed by atoms with van der Waals surface area (Å²) in [6.45, 7) is 9.45. The Bertz CT molecular complexity index is 807. The van der Waals surface area contributed by atoms with E-state index in [-0.39, 0.29) is 13.0 Å². The Kier molecular flexibility index (Phi) is 8.54. The summed E-state index contributed by atoms with van der Waals surface area (Å²) in [6.07, 6.45) is 4.99. The number of aryl methyl sites for hydroxylation is 1. The van der Waals surface area contributed by atoms with Crippen molar-refractivity contribution in [1.29, 1.82) is 0 Å². The van der Waals surface area contributed by atoms with Crippen molar-refractivity contribution in [3.8, 4) is 11.3 Å². The molecule has 2 atom stereocenters. The Balaban J connectivity index is 2.13. The minimum atomic E-state index is -2.24. The van der Waals surface area contributed by atoms with E-state index in [9.17, 15) is 9.36 Å². The van der Waals surface area contributed by atoms with E-state index in [4.69, 9.17) is 13.7 Å². The van der Waals surface area contributed by atoms with Crippen LogP contribution < -0.4 is 0 Å². The van der Waals surface area contributed by atoms with E-state index in [1.165, 1.54) is 5.56 Å². The van der Waals surface area contributed by atoms with Gasteiger partial charge in [0.05, 0.1) is 13.0 Å². The van der Waals surface area contributed by atoms with Gasteiger partial charge in [-0.2, -0.15) is 0 Å². The Hall–Kier alpha value is -2.04. The number of nitrogens with zero attached hydrogens (tertiary/aromatic N) is 1. The number of hydrogen-bond donors (Lipinski definition) is 0. The minimum absolute atomic E-state index is 0.0543. The van der Waals surface area contributed by atoms with Gasteiger partial charge in [-0.1, -0.05) is 37.6 Å².